The van der Waals surface area contributed by atoms with Crippen molar-refractivity contribution in [3.05, 3.63) is 0 Å². The fourth-order valence-corrected chi connectivity index (χ4v) is 4.41. The first-order valence-electron chi connectivity index (χ1n) is 8.85. The van der Waals surface area contributed by atoms with E-state index >= 15 is 0 Å². The Kier molecular flexibility index (Phi) is 5.00. The second-order valence-electron chi connectivity index (χ2n) is 7.45. The van der Waals surface area contributed by atoms with Crippen LogP contribution in [0.2, 0.25) is 0 Å². The highest BCUT2D eigenvalue weighted by atomic mass is 16.5. The van der Waals surface area contributed by atoms with Crippen LogP contribution in [0.25, 0.3) is 0 Å². The summed E-state index contributed by atoms with van der Waals surface area (Å²) in [7, 11) is 0. The lowest BCUT2D eigenvalue weighted by molar-refractivity contribution is -0.0838. The number of ether oxygens (including phenoxy) is 1. The van der Waals surface area contributed by atoms with Gasteiger partial charge < -0.3 is 15.0 Å². The van der Waals surface area contributed by atoms with Crippen LogP contribution in [-0.4, -0.2) is 49.3 Å². The molecule has 1 aliphatic carbocycles. The molecule has 3 heteroatoms. The first kappa shape index (κ1) is 14.8. The van der Waals surface area contributed by atoms with E-state index < -0.39 is 0 Å². The van der Waals surface area contributed by atoms with Crippen molar-refractivity contribution in [1.82, 2.24) is 10.2 Å². The fraction of sp³-hybridized carbons (Fsp3) is 1.00. The van der Waals surface area contributed by atoms with Gasteiger partial charge in [0.15, 0.2) is 0 Å². The Morgan fingerprint density at radius 2 is 1.95 bits per heavy atom. The fourth-order valence-electron chi connectivity index (χ4n) is 4.41. The summed E-state index contributed by atoms with van der Waals surface area (Å²) in [5, 5.41) is 3.84. The van der Waals surface area contributed by atoms with Gasteiger partial charge in [0.1, 0.15) is 0 Å². The zero-order valence-electron chi connectivity index (χ0n) is 13.2. The van der Waals surface area contributed by atoms with Gasteiger partial charge in [-0.15, -0.1) is 0 Å². The van der Waals surface area contributed by atoms with Crippen molar-refractivity contribution in [3.63, 3.8) is 0 Å². The molecule has 2 atom stereocenters. The van der Waals surface area contributed by atoms with Crippen LogP contribution in [0, 0.1) is 5.92 Å². The van der Waals surface area contributed by atoms with Gasteiger partial charge in [-0.1, -0.05) is 19.8 Å². The van der Waals surface area contributed by atoms with E-state index in [1.807, 2.05) is 0 Å². The highest BCUT2D eigenvalue weighted by Crippen LogP contribution is 2.39. The van der Waals surface area contributed by atoms with E-state index in [2.05, 4.69) is 17.1 Å². The van der Waals surface area contributed by atoms with Gasteiger partial charge in [-0.3, -0.25) is 0 Å². The van der Waals surface area contributed by atoms with Crippen molar-refractivity contribution in [2.45, 2.75) is 69.9 Å². The maximum Gasteiger partial charge on any atom is 0.0697 e. The van der Waals surface area contributed by atoms with Crippen LogP contribution in [0.15, 0.2) is 0 Å². The standard InChI is InChI=1S/C17H32N2O/c1-15(14-19-9-4-5-10-19)13-18-16-6-11-20-17(12-16)7-2-3-8-17/h15-16,18H,2-14H2,1H3. The average molecular weight is 280 g/mol. The minimum Gasteiger partial charge on any atom is -0.375 e. The third kappa shape index (κ3) is 3.75. The van der Waals surface area contributed by atoms with Crippen LogP contribution in [-0.2, 0) is 4.74 Å². The third-order valence-electron chi connectivity index (χ3n) is 5.53. The van der Waals surface area contributed by atoms with Crippen LogP contribution < -0.4 is 5.32 Å². The predicted molar refractivity (Wildman–Crippen MR) is 83.0 cm³/mol. The van der Waals surface area contributed by atoms with E-state index in [-0.39, 0.29) is 5.60 Å². The highest BCUT2D eigenvalue weighted by Gasteiger charge is 2.39. The molecule has 2 saturated heterocycles. The molecule has 20 heavy (non-hydrogen) atoms. The number of nitrogens with one attached hydrogen (secondary N) is 1. The molecule has 0 radical (unpaired) electrons. The lowest BCUT2D eigenvalue weighted by Gasteiger charge is -2.39. The molecule has 1 N–H and O–H groups in total. The van der Waals surface area contributed by atoms with Gasteiger partial charge in [0.2, 0.25) is 0 Å². The molecule has 2 aliphatic heterocycles. The molecule has 3 aliphatic rings. The monoisotopic (exact) mass is 280 g/mol. The minimum absolute atomic E-state index is 0.258. The van der Waals surface area contributed by atoms with Crippen LogP contribution in [0.4, 0.5) is 0 Å². The Morgan fingerprint density at radius 3 is 2.70 bits per heavy atom. The Morgan fingerprint density at radius 1 is 1.20 bits per heavy atom. The molecule has 0 aromatic heterocycles. The molecule has 2 heterocycles. The van der Waals surface area contributed by atoms with E-state index in [0.29, 0.717) is 6.04 Å². The molecule has 116 valence electrons. The summed E-state index contributed by atoms with van der Waals surface area (Å²) in [6, 6.07) is 0.697. The largest absolute Gasteiger partial charge is 0.375 e. The normalized spacial score (nSPS) is 31.9. The zero-order chi connectivity index (χ0) is 13.8. The number of hydrogen-bond donors (Lipinski definition) is 1. The lowest BCUT2D eigenvalue weighted by Crippen LogP contribution is -2.47. The van der Waals surface area contributed by atoms with Crippen molar-refractivity contribution < 1.29 is 4.74 Å². The Hall–Kier alpha value is -0.120. The Balaban J connectivity index is 1.38. The summed E-state index contributed by atoms with van der Waals surface area (Å²) in [5.41, 5.74) is 0.258. The molecular weight excluding hydrogens is 248 g/mol. The summed E-state index contributed by atoms with van der Waals surface area (Å²) in [6.45, 7) is 8.47. The Bertz CT molecular complexity index is 295. The lowest BCUT2D eigenvalue weighted by atomic mass is 9.88. The molecule has 0 bridgehead atoms. The molecule has 2 unspecified atom stereocenters. The maximum absolute atomic E-state index is 6.12. The van der Waals surface area contributed by atoms with Crippen LogP contribution >= 0.6 is 0 Å². The number of rotatable bonds is 5. The van der Waals surface area contributed by atoms with Crippen molar-refractivity contribution in [1.29, 1.82) is 0 Å². The highest BCUT2D eigenvalue weighted by molar-refractivity contribution is 4.93. The molecular formula is C17H32N2O. The number of nitrogens with zero attached hydrogens (tertiary/aromatic N) is 1. The maximum atomic E-state index is 6.12. The van der Waals surface area contributed by atoms with Gasteiger partial charge in [-0.05, 0) is 64.1 Å². The topological polar surface area (TPSA) is 24.5 Å². The molecule has 0 amide bonds. The van der Waals surface area contributed by atoms with Crippen LogP contribution in [0.3, 0.4) is 0 Å². The molecule has 0 aromatic rings. The first-order chi connectivity index (χ1) is 9.76. The van der Waals surface area contributed by atoms with E-state index in [9.17, 15) is 0 Å². The second-order valence-corrected chi connectivity index (χ2v) is 7.45. The van der Waals surface area contributed by atoms with Gasteiger partial charge in [-0.2, -0.15) is 0 Å². The summed E-state index contributed by atoms with van der Waals surface area (Å²) in [5.74, 6) is 0.774. The molecule has 3 rings (SSSR count). The van der Waals surface area contributed by atoms with Crippen molar-refractivity contribution in [2.75, 3.05) is 32.8 Å². The van der Waals surface area contributed by atoms with Gasteiger partial charge in [0.25, 0.3) is 0 Å². The molecule has 3 nitrogen and oxygen atoms in total. The third-order valence-corrected chi connectivity index (χ3v) is 5.53. The van der Waals surface area contributed by atoms with Crippen molar-refractivity contribution in [3.8, 4) is 0 Å². The zero-order valence-corrected chi connectivity index (χ0v) is 13.2. The quantitative estimate of drug-likeness (QED) is 0.838. The summed E-state index contributed by atoms with van der Waals surface area (Å²) < 4.78 is 6.12. The van der Waals surface area contributed by atoms with Crippen LogP contribution in [0.5, 0.6) is 0 Å². The number of likely N-dealkylation sites (tertiary alicyclic amines) is 1. The van der Waals surface area contributed by atoms with E-state index in [0.717, 1.165) is 12.5 Å². The van der Waals surface area contributed by atoms with Crippen molar-refractivity contribution >= 4 is 0 Å². The van der Waals surface area contributed by atoms with E-state index in [1.54, 1.807) is 0 Å². The Labute approximate surface area is 124 Å². The molecule has 1 spiro atoms. The smallest absolute Gasteiger partial charge is 0.0697 e. The average Bonchev–Trinajstić information content (AvgIpc) is 3.09. The van der Waals surface area contributed by atoms with Gasteiger partial charge >= 0.3 is 0 Å². The molecule has 0 aromatic carbocycles. The van der Waals surface area contributed by atoms with Crippen LogP contribution in [0.1, 0.15) is 58.3 Å². The van der Waals surface area contributed by atoms with Gasteiger partial charge in [-0.25, -0.2) is 0 Å². The van der Waals surface area contributed by atoms with Gasteiger partial charge in [0, 0.05) is 19.2 Å². The van der Waals surface area contributed by atoms with E-state index in [1.165, 1.54) is 77.5 Å². The van der Waals surface area contributed by atoms with Gasteiger partial charge in [0.05, 0.1) is 5.60 Å². The summed E-state index contributed by atoms with van der Waals surface area (Å²) in [6.07, 6.45) is 10.6. The summed E-state index contributed by atoms with van der Waals surface area (Å²) >= 11 is 0. The van der Waals surface area contributed by atoms with Crippen molar-refractivity contribution in [2.24, 2.45) is 5.92 Å². The number of hydrogen-bond acceptors (Lipinski definition) is 3. The first-order valence-corrected chi connectivity index (χ1v) is 8.85. The van der Waals surface area contributed by atoms with E-state index in [4.69, 9.17) is 4.74 Å². The minimum atomic E-state index is 0.258. The molecule has 3 fully saturated rings. The predicted octanol–water partition coefficient (Wildman–Crippen LogP) is 2.80. The SMILES string of the molecule is CC(CNC1CCOC2(CCCC2)C1)CN1CCCC1. The second kappa shape index (κ2) is 6.76. The summed E-state index contributed by atoms with van der Waals surface area (Å²) in [4.78, 5) is 2.63. The molecule has 1 saturated carbocycles.